The molecular weight excluding hydrogens is 477 g/mol. The standard InChI is InChI=1S/C14H22.C10H21OP.C6H13NO2.C2H6/c1-2-3-4-5-6-8-11-14-12-9-7-10-13-14;1-3-11-12(2)9-8-10-6-4-5-7-10;1-6(2,3)9-5(8)7-4;1-2/h7,9-10,12-13H,2-6,8,11H2,1H3;10H,3-9H2,1-2H3;1-4H3,(H,7,8);1-2H3. The number of unbranched alkanes of at least 4 members (excludes halogenated alkanes) is 5. The molecule has 0 bridgehead atoms. The van der Waals surface area contributed by atoms with Gasteiger partial charge in [-0.1, -0.05) is 109 Å². The van der Waals surface area contributed by atoms with Gasteiger partial charge in [0.2, 0.25) is 0 Å². The largest absolute Gasteiger partial charge is 0.444 e. The lowest BCUT2D eigenvalue weighted by molar-refractivity contribution is 0.0541. The van der Waals surface area contributed by atoms with Crippen LogP contribution in [-0.4, -0.2) is 38.2 Å². The molecule has 2 rings (SSSR count). The fourth-order valence-corrected chi connectivity index (χ4v) is 5.33. The summed E-state index contributed by atoms with van der Waals surface area (Å²) in [6.45, 7) is 17.0. The normalized spacial score (nSPS) is 13.6. The number of ether oxygens (including phenoxy) is 1. The molecule has 1 atom stereocenters. The van der Waals surface area contributed by atoms with E-state index in [-0.39, 0.29) is 19.8 Å². The molecule has 1 saturated carbocycles. The summed E-state index contributed by atoms with van der Waals surface area (Å²) in [5.41, 5.74) is 1.10. The molecule has 1 aliphatic carbocycles. The number of carbonyl (C=O) groups excluding carboxylic acids is 1. The molecule has 4 nitrogen and oxygen atoms in total. The number of hydrogen-bond donors (Lipinski definition) is 1. The summed E-state index contributed by atoms with van der Waals surface area (Å²) in [5, 5.41) is 2.36. The van der Waals surface area contributed by atoms with Gasteiger partial charge < -0.3 is 14.6 Å². The molecular formula is C32H62NO3P. The van der Waals surface area contributed by atoms with Crippen LogP contribution in [0.2, 0.25) is 0 Å². The molecule has 1 aromatic carbocycles. The van der Waals surface area contributed by atoms with Crippen molar-refractivity contribution in [3.05, 3.63) is 35.9 Å². The van der Waals surface area contributed by atoms with Crippen molar-refractivity contribution in [2.45, 2.75) is 131 Å². The first kappa shape index (κ1) is 38.0. The molecule has 37 heavy (non-hydrogen) atoms. The van der Waals surface area contributed by atoms with Crippen LogP contribution in [-0.2, 0) is 15.7 Å². The zero-order valence-corrected chi connectivity index (χ0v) is 26.9. The summed E-state index contributed by atoms with van der Waals surface area (Å²) >= 11 is 0. The number of carbonyl (C=O) groups is 1. The van der Waals surface area contributed by atoms with Gasteiger partial charge in [0.25, 0.3) is 0 Å². The second-order valence-corrected chi connectivity index (χ2v) is 12.4. The highest BCUT2D eigenvalue weighted by molar-refractivity contribution is 7.51. The fourth-order valence-electron chi connectivity index (χ4n) is 4.03. The number of aryl methyl sites for hydroxylation is 1. The van der Waals surface area contributed by atoms with E-state index in [9.17, 15) is 4.79 Å². The SMILES string of the molecule is CC.CCCCCCCCc1ccccc1.CCOP(C)CCC1CCCC1.CNC(=O)OC(C)(C)C. The van der Waals surface area contributed by atoms with Crippen LogP contribution in [0.15, 0.2) is 30.3 Å². The zero-order chi connectivity index (χ0) is 28.4. The Bertz CT molecular complexity index is 598. The highest BCUT2D eigenvalue weighted by Gasteiger charge is 2.16. The monoisotopic (exact) mass is 539 g/mol. The average Bonchev–Trinajstić information content (AvgIpc) is 3.41. The Hall–Kier alpha value is -1.12. The third-order valence-corrected chi connectivity index (χ3v) is 7.53. The Labute approximate surface area is 232 Å². The average molecular weight is 540 g/mol. The van der Waals surface area contributed by atoms with Crippen molar-refractivity contribution in [2.75, 3.05) is 26.5 Å². The Kier molecular flexibility index (Phi) is 27.2. The molecule has 0 saturated heterocycles. The molecule has 1 fully saturated rings. The van der Waals surface area contributed by atoms with Crippen molar-refractivity contribution in [1.82, 2.24) is 5.32 Å². The van der Waals surface area contributed by atoms with Gasteiger partial charge in [0.05, 0.1) is 0 Å². The van der Waals surface area contributed by atoms with E-state index in [1.807, 2.05) is 34.6 Å². The summed E-state index contributed by atoms with van der Waals surface area (Å²) in [6.07, 6.45) is 17.9. The van der Waals surface area contributed by atoms with Crippen molar-refractivity contribution in [3.8, 4) is 0 Å². The van der Waals surface area contributed by atoms with Crippen LogP contribution in [0.3, 0.4) is 0 Å². The van der Waals surface area contributed by atoms with E-state index in [4.69, 9.17) is 9.26 Å². The smallest absolute Gasteiger partial charge is 0.407 e. The molecule has 1 aromatic rings. The maximum Gasteiger partial charge on any atom is 0.407 e. The summed E-state index contributed by atoms with van der Waals surface area (Å²) < 4.78 is 10.4. The lowest BCUT2D eigenvalue weighted by Crippen LogP contribution is -2.30. The molecule has 0 spiro atoms. The first-order valence-corrected chi connectivity index (χ1v) is 16.9. The van der Waals surface area contributed by atoms with Gasteiger partial charge >= 0.3 is 6.09 Å². The lowest BCUT2D eigenvalue weighted by atomic mass is 10.1. The van der Waals surface area contributed by atoms with Crippen LogP contribution < -0.4 is 5.32 Å². The number of alkyl carbamates (subject to hydrolysis) is 1. The minimum atomic E-state index is -0.389. The number of rotatable bonds is 12. The molecule has 1 aliphatic rings. The second kappa shape index (κ2) is 26.5. The third-order valence-electron chi connectivity index (χ3n) is 5.94. The van der Waals surface area contributed by atoms with Crippen molar-refractivity contribution in [1.29, 1.82) is 0 Å². The van der Waals surface area contributed by atoms with Gasteiger partial charge in [-0.05, 0) is 71.3 Å². The number of hydrogen-bond acceptors (Lipinski definition) is 3. The van der Waals surface area contributed by atoms with Crippen molar-refractivity contribution in [2.24, 2.45) is 5.92 Å². The van der Waals surface area contributed by atoms with Crippen LogP contribution in [0.1, 0.15) is 125 Å². The molecule has 0 aromatic heterocycles. The van der Waals surface area contributed by atoms with E-state index in [1.54, 1.807) is 0 Å². The van der Waals surface area contributed by atoms with Crippen molar-refractivity contribution < 1.29 is 14.1 Å². The van der Waals surface area contributed by atoms with Crippen LogP contribution in [0.4, 0.5) is 4.79 Å². The molecule has 1 unspecified atom stereocenters. The summed E-state index contributed by atoms with van der Waals surface area (Å²) in [6, 6.07) is 10.8. The third kappa shape index (κ3) is 27.7. The molecule has 0 radical (unpaired) electrons. The van der Waals surface area contributed by atoms with E-state index in [0.29, 0.717) is 0 Å². The Morgan fingerprint density at radius 3 is 2.03 bits per heavy atom. The van der Waals surface area contributed by atoms with Crippen molar-refractivity contribution in [3.63, 3.8) is 0 Å². The molecule has 0 heterocycles. The van der Waals surface area contributed by atoms with Gasteiger partial charge in [0.15, 0.2) is 0 Å². The van der Waals surface area contributed by atoms with Gasteiger partial charge in [-0.3, -0.25) is 0 Å². The molecule has 1 N–H and O–H groups in total. The van der Waals surface area contributed by atoms with Gasteiger partial charge in [-0.15, -0.1) is 0 Å². The maximum atomic E-state index is 10.5. The molecule has 218 valence electrons. The van der Waals surface area contributed by atoms with Crippen LogP contribution in [0.25, 0.3) is 0 Å². The highest BCUT2D eigenvalue weighted by Crippen LogP contribution is 2.37. The summed E-state index contributed by atoms with van der Waals surface area (Å²) in [4.78, 5) is 10.5. The van der Waals surface area contributed by atoms with E-state index in [2.05, 4.69) is 56.2 Å². The second-order valence-electron chi connectivity index (χ2n) is 10.5. The number of benzene rings is 1. The summed E-state index contributed by atoms with van der Waals surface area (Å²) in [7, 11) is 1.44. The lowest BCUT2D eigenvalue weighted by Gasteiger charge is -2.18. The Balaban J connectivity index is 0. The van der Waals surface area contributed by atoms with E-state index in [0.717, 1.165) is 12.5 Å². The van der Waals surface area contributed by atoms with Gasteiger partial charge in [-0.25, -0.2) is 4.79 Å². The quantitative estimate of drug-likeness (QED) is 0.212. The van der Waals surface area contributed by atoms with Crippen LogP contribution in [0.5, 0.6) is 0 Å². The molecule has 0 aliphatic heterocycles. The number of nitrogens with one attached hydrogen (secondary N) is 1. The minimum absolute atomic E-state index is 0.0968. The minimum Gasteiger partial charge on any atom is -0.444 e. The summed E-state index contributed by atoms with van der Waals surface area (Å²) in [5.74, 6) is 1.04. The van der Waals surface area contributed by atoms with Gasteiger partial charge in [0.1, 0.15) is 5.60 Å². The molecule has 5 heteroatoms. The van der Waals surface area contributed by atoms with Gasteiger partial charge in [0, 0.05) is 21.8 Å². The highest BCUT2D eigenvalue weighted by atomic mass is 31.1. The van der Waals surface area contributed by atoms with Crippen molar-refractivity contribution >= 4 is 14.2 Å². The maximum absolute atomic E-state index is 10.5. The first-order valence-electron chi connectivity index (χ1n) is 15.0. The van der Waals surface area contributed by atoms with Gasteiger partial charge in [-0.2, -0.15) is 0 Å². The Morgan fingerprint density at radius 2 is 1.54 bits per heavy atom. The number of amides is 1. The first-order chi connectivity index (χ1) is 17.7. The van der Waals surface area contributed by atoms with E-state index in [1.165, 1.54) is 95.8 Å². The zero-order valence-electron chi connectivity index (χ0n) is 26.0. The van der Waals surface area contributed by atoms with Crippen LogP contribution in [0, 0.1) is 5.92 Å². The predicted octanol–water partition coefficient (Wildman–Crippen LogP) is 10.4. The Morgan fingerprint density at radius 1 is 0.973 bits per heavy atom. The predicted molar refractivity (Wildman–Crippen MR) is 166 cm³/mol. The van der Waals surface area contributed by atoms with Crippen LogP contribution >= 0.6 is 8.15 Å². The van der Waals surface area contributed by atoms with E-state index < -0.39 is 0 Å². The topological polar surface area (TPSA) is 47.6 Å². The van der Waals surface area contributed by atoms with E-state index >= 15 is 0 Å². The fraction of sp³-hybridized carbons (Fsp3) is 0.781. The molecule has 1 amide bonds.